The first-order valence-corrected chi connectivity index (χ1v) is 12.0. The lowest BCUT2D eigenvalue weighted by atomic mass is 9.92. The number of hydrogen-bond acceptors (Lipinski definition) is 7. The first-order chi connectivity index (χ1) is 15.9. The monoisotopic (exact) mass is 470 g/mol. The second-order valence-corrected chi connectivity index (χ2v) is 9.15. The molecule has 2 heterocycles. The Kier molecular flexibility index (Phi) is 7.07. The van der Waals surface area contributed by atoms with Crippen LogP contribution in [0.1, 0.15) is 45.4 Å². The van der Waals surface area contributed by atoms with E-state index in [1.54, 1.807) is 29.2 Å². The first-order valence-electron chi connectivity index (χ1n) is 11.0. The minimum Gasteiger partial charge on any atom is -0.326 e. The van der Waals surface area contributed by atoms with Crippen molar-refractivity contribution in [2.75, 3.05) is 16.0 Å². The van der Waals surface area contributed by atoms with Crippen molar-refractivity contribution < 1.29 is 19.2 Å². The third-order valence-corrected chi connectivity index (χ3v) is 6.75. The Balaban J connectivity index is 1.53. The van der Waals surface area contributed by atoms with Gasteiger partial charge in [0.1, 0.15) is 12.4 Å². The number of amides is 4. The summed E-state index contributed by atoms with van der Waals surface area (Å²) in [6, 6.07) is 5.64. The van der Waals surface area contributed by atoms with E-state index in [2.05, 4.69) is 20.5 Å². The van der Waals surface area contributed by atoms with Crippen LogP contribution in [-0.2, 0) is 19.2 Å². The number of carbonyl (C=O) groups excluding carboxylic acids is 4. The molecule has 2 aromatic rings. The number of hydrogen-bond donors (Lipinski definition) is 2. The fourth-order valence-electron chi connectivity index (χ4n) is 4.46. The summed E-state index contributed by atoms with van der Waals surface area (Å²) in [6.45, 7) is 1.41. The molecule has 174 valence electrons. The molecule has 1 unspecified atom stereocenters. The van der Waals surface area contributed by atoms with Gasteiger partial charge in [-0.15, -0.1) is 0 Å². The van der Waals surface area contributed by atoms with Gasteiger partial charge in [-0.1, -0.05) is 31.0 Å². The summed E-state index contributed by atoms with van der Waals surface area (Å²) in [5, 5.41) is 9.70. The van der Waals surface area contributed by atoms with Gasteiger partial charge in [0.05, 0.1) is 17.9 Å². The van der Waals surface area contributed by atoms with Crippen molar-refractivity contribution in [2.24, 2.45) is 0 Å². The summed E-state index contributed by atoms with van der Waals surface area (Å²) in [4.78, 5) is 57.6. The number of aromatic nitrogens is 3. The molecule has 1 saturated carbocycles. The summed E-state index contributed by atoms with van der Waals surface area (Å²) in [5.41, 5.74) is 0.999. The van der Waals surface area contributed by atoms with E-state index in [9.17, 15) is 19.2 Å². The minimum atomic E-state index is -0.821. The van der Waals surface area contributed by atoms with Crippen molar-refractivity contribution in [2.45, 2.75) is 62.7 Å². The van der Waals surface area contributed by atoms with Gasteiger partial charge in [-0.05, 0) is 37.1 Å². The SMILES string of the molecule is CC(=O)Nc1ccc(N2C(=O)CC(N(C(=O)CSc3ncn[nH]3)C3CCCCC3)C2=O)cc1. The summed E-state index contributed by atoms with van der Waals surface area (Å²) in [5.74, 6) is -1.02. The number of aromatic amines is 1. The zero-order chi connectivity index (χ0) is 23.4. The predicted octanol–water partition coefficient (Wildman–Crippen LogP) is 2.35. The number of benzene rings is 1. The van der Waals surface area contributed by atoms with Crippen LogP contribution in [0, 0.1) is 0 Å². The Morgan fingerprint density at radius 3 is 2.55 bits per heavy atom. The number of imide groups is 1. The van der Waals surface area contributed by atoms with Crippen molar-refractivity contribution in [3.8, 4) is 0 Å². The molecule has 2 fully saturated rings. The van der Waals surface area contributed by atoms with Crippen LogP contribution in [0.4, 0.5) is 11.4 Å². The molecule has 1 aromatic heterocycles. The molecule has 2 aliphatic rings. The van der Waals surface area contributed by atoms with E-state index in [0.717, 1.165) is 37.0 Å². The van der Waals surface area contributed by atoms with Crippen LogP contribution in [0.25, 0.3) is 0 Å². The molecule has 33 heavy (non-hydrogen) atoms. The predicted molar refractivity (Wildman–Crippen MR) is 122 cm³/mol. The molecule has 1 aliphatic carbocycles. The lowest BCUT2D eigenvalue weighted by Crippen LogP contribution is -2.52. The van der Waals surface area contributed by atoms with Gasteiger partial charge in [-0.3, -0.25) is 24.3 Å². The number of thioether (sulfide) groups is 1. The van der Waals surface area contributed by atoms with E-state index < -0.39 is 11.9 Å². The molecule has 1 aromatic carbocycles. The van der Waals surface area contributed by atoms with E-state index in [4.69, 9.17) is 0 Å². The standard InChI is InChI=1S/C22H26N6O4S/c1-14(29)25-15-7-9-17(10-8-15)28-19(30)11-18(21(28)32)27(16-5-3-2-4-6-16)20(31)12-33-22-23-13-24-26-22/h7-10,13,16,18H,2-6,11-12H2,1H3,(H,25,29)(H,23,24,26). The lowest BCUT2D eigenvalue weighted by Gasteiger charge is -2.37. The zero-order valence-electron chi connectivity index (χ0n) is 18.3. The molecule has 4 rings (SSSR count). The Morgan fingerprint density at radius 2 is 1.91 bits per heavy atom. The number of H-pyrrole nitrogens is 1. The van der Waals surface area contributed by atoms with Gasteiger partial charge in [0.25, 0.3) is 5.91 Å². The molecule has 10 nitrogen and oxygen atoms in total. The molecule has 1 atom stereocenters. The van der Waals surface area contributed by atoms with Gasteiger partial charge in [-0.25, -0.2) is 9.88 Å². The van der Waals surface area contributed by atoms with Crippen molar-refractivity contribution in [1.82, 2.24) is 20.1 Å². The second-order valence-electron chi connectivity index (χ2n) is 8.19. The molecule has 11 heteroatoms. The van der Waals surface area contributed by atoms with Gasteiger partial charge in [0, 0.05) is 18.7 Å². The highest BCUT2D eigenvalue weighted by atomic mass is 32.2. The fraction of sp³-hybridized carbons (Fsp3) is 0.455. The fourth-order valence-corrected chi connectivity index (χ4v) is 5.11. The molecule has 4 amide bonds. The van der Waals surface area contributed by atoms with Crippen LogP contribution in [0.3, 0.4) is 0 Å². The van der Waals surface area contributed by atoms with E-state index >= 15 is 0 Å². The van der Waals surface area contributed by atoms with Crippen LogP contribution in [0.5, 0.6) is 0 Å². The normalized spacial score (nSPS) is 19.1. The highest BCUT2D eigenvalue weighted by molar-refractivity contribution is 7.99. The van der Waals surface area contributed by atoms with Crippen LogP contribution in [0.2, 0.25) is 0 Å². The second kappa shape index (κ2) is 10.2. The van der Waals surface area contributed by atoms with Crippen molar-refractivity contribution in [3.63, 3.8) is 0 Å². The Hall–Kier alpha value is -3.21. The summed E-state index contributed by atoms with van der Waals surface area (Å²) in [7, 11) is 0. The maximum Gasteiger partial charge on any atom is 0.257 e. The summed E-state index contributed by atoms with van der Waals surface area (Å²) < 4.78 is 0. The van der Waals surface area contributed by atoms with Gasteiger partial charge in [0.2, 0.25) is 17.7 Å². The number of anilines is 2. The highest BCUT2D eigenvalue weighted by Crippen LogP contribution is 2.32. The average molecular weight is 471 g/mol. The molecule has 1 saturated heterocycles. The third kappa shape index (κ3) is 5.24. The Bertz CT molecular complexity index is 1020. The number of rotatable bonds is 7. The smallest absolute Gasteiger partial charge is 0.257 e. The van der Waals surface area contributed by atoms with Crippen LogP contribution < -0.4 is 10.2 Å². The van der Waals surface area contributed by atoms with Gasteiger partial charge in [0.15, 0.2) is 5.16 Å². The summed E-state index contributed by atoms with van der Waals surface area (Å²) in [6.07, 6.45) is 6.07. The van der Waals surface area contributed by atoms with E-state index in [1.807, 2.05) is 0 Å². The van der Waals surface area contributed by atoms with Crippen molar-refractivity contribution in [3.05, 3.63) is 30.6 Å². The van der Waals surface area contributed by atoms with E-state index in [0.29, 0.717) is 16.5 Å². The lowest BCUT2D eigenvalue weighted by molar-refractivity contribution is -0.139. The minimum absolute atomic E-state index is 0.0402. The largest absolute Gasteiger partial charge is 0.326 e. The van der Waals surface area contributed by atoms with Crippen molar-refractivity contribution >= 4 is 46.8 Å². The molecule has 2 N–H and O–H groups in total. The van der Waals surface area contributed by atoms with Crippen LogP contribution in [-0.4, -0.2) is 61.5 Å². The number of nitrogens with zero attached hydrogens (tertiary/aromatic N) is 4. The zero-order valence-corrected chi connectivity index (χ0v) is 19.1. The van der Waals surface area contributed by atoms with Gasteiger partial charge in [-0.2, -0.15) is 5.10 Å². The van der Waals surface area contributed by atoms with E-state index in [1.165, 1.54) is 25.0 Å². The molecule has 0 spiro atoms. The van der Waals surface area contributed by atoms with Crippen LogP contribution in [0.15, 0.2) is 35.7 Å². The quantitative estimate of drug-likeness (QED) is 0.469. The molecule has 0 radical (unpaired) electrons. The van der Waals surface area contributed by atoms with Gasteiger partial charge >= 0.3 is 0 Å². The Morgan fingerprint density at radius 1 is 1.18 bits per heavy atom. The number of carbonyl (C=O) groups is 4. The van der Waals surface area contributed by atoms with Gasteiger partial charge < -0.3 is 10.2 Å². The maximum atomic E-state index is 13.4. The molecule has 0 bridgehead atoms. The van der Waals surface area contributed by atoms with Crippen LogP contribution >= 0.6 is 11.8 Å². The number of nitrogens with one attached hydrogen (secondary N) is 2. The van der Waals surface area contributed by atoms with Crippen molar-refractivity contribution in [1.29, 1.82) is 0 Å². The molecule has 1 aliphatic heterocycles. The van der Waals surface area contributed by atoms with E-state index in [-0.39, 0.29) is 35.9 Å². The average Bonchev–Trinajstić information content (AvgIpc) is 3.42. The molecular formula is C22H26N6O4S. The first kappa shape index (κ1) is 23.0. The molecular weight excluding hydrogens is 444 g/mol. The summed E-state index contributed by atoms with van der Waals surface area (Å²) >= 11 is 1.23. The highest BCUT2D eigenvalue weighted by Gasteiger charge is 2.46. The Labute approximate surface area is 195 Å². The topological polar surface area (TPSA) is 128 Å². The maximum absolute atomic E-state index is 13.4. The third-order valence-electron chi connectivity index (χ3n) is 5.89.